The molecule has 6 nitrogen and oxygen atoms in total. The summed E-state index contributed by atoms with van der Waals surface area (Å²) in [5, 5.41) is 6.99. The van der Waals surface area contributed by atoms with Crippen LogP contribution in [0.5, 0.6) is 0 Å². The lowest BCUT2D eigenvalue weighted by molar-refractivity contribution is -0.136. The molecule has 8 heteroatoms. The molecule has 1 amide bonds. The number of amides is 1. The molecule has 1 fully saturated rings. The van der Waals surface area contributed by atoms with Gasteiger partial charge in [0.1, 0.15) is 0 Å². The number of benzene rings is 1. The molecule has 0 unspecified atom stereocenters. The molecule has 0 radical (unpaired) electrons. The highest BCUT2D eigenvalue weighted by atomic mass is 19.3. The summed E-state index contributed by atoms with van der Waals surface area (Å²) < 4.78 is 30.0. The number of hydrogen-bond donors (Lipinski definition) is 0. The van der Waals surface area contributed by atoms with Crippen molar-refractivity contribution in [2.45, 2.75) is 25.7 Å². The van der Waals surface area contributed by atoms with Crippen LogP contribution >= 0.6 is 0 Å². The molecule has 1 aromatic heterocycles. The molecule has 0 spiro atoms. The van der Waals surface area contributed by atoms with Gasteiger partial charge in [-0.25, -0.2) is 0 Å². The van der Waals surface area contributed by atoms with Gasteiger partial charge in [0.15, 0.2) is 0 Å². The zero-order valence-corrected chi connectivity index (χ0v) is 14.2. The quantitative estimate of drug-likeness (QED) is 0.848. The number of aromatic nitrogens is 2. The van der Waals surface area contributed by atoms with Crippen LogP contribution in [-0.2, 0) is 10.2 Å². The minimum Gasteiger partial charge on any atom is -0.402 e. The van der Waals surface area contributed by atoms with E-state index in [0.717, 1.165) is 5.56 Å². The van der Waals surface area contributed by atoms with Gasteiger partial charge in [-0.2, -0.15) is 8.78 Å². The first-order valence-corrected chi connectivity index (χ1v) is 8.11. The Bertz CT molecular complexity index is 725. The number of nitrogens with zero attached hydrogens (tertiary/aromatic N) is 4. The van der Waals surface area contributed by atoms with Crippen molar-refractivity contribution in [3.63, 3.8) is 0 Å². The number of piperazine rings is 1. The minimum atomic E-state index is -2.78. The third-order valence-corrected chi connectivity index (χ3v) is 4.48. The van der Waals surface area contributed by atoms with E-state index in [1.165, 1.54) is 0 Å². The standard InChI is InChI=1S/C17H20F2N4O2/c1-17(2,12-6-4-3-5-7-12)15(24)22-8-10-23(11-9-22)16-21-20-14(25-16)13(18)19/h3-7,13H,8-11H2,1-2H3. The molecular formula is C17H20F2N4O2. The zero-order valence-electron chi connectivity index (χ0n) is 14.2. The second-order valence-electron chi connectivity index (χ2n) is 6.49. The molecule has 1 aliphatic heterocycles. The summed E-state index contributed by atoms with van der Waals surface area (Å²) in [7, 11) is 0. The van der Waals surface area contributed by atoms with Crippen molar-refractivity contribution < 1.29 is 18.0 Å². The van der Waals surface area contributed by atoms with Gasteiger partial charge in [0, 0.05) is 26.2 Å². The molecule has 134 valence electrons. The van der Waals surface area contributed by atoms with Gasteiger partial charge in [-0.1, -0.05) is 35.4 Å². The van der Waals surface area contributed by atoms with E-state index >= 15 is 0 Å². The Hall–Kier alpha value is -2.51. The second kappa shape index (κ2) is 6.78. The summed E-state index contributed by atoms with van der Waals surface area (Å²) in [6.07, 6.45) is -2.78. The number of rotatable bonds is 4. The molecule has 3 rings (SSSR count). The second-order valence-corrected chi connectivity index (χ2v) is 6.49. The number of anilines is 1. The maximum absolute atomic E-state index is 12.9. The molecule has 0 atom stereocenters. The van der Waals surface area contributed by atoms with E-state index in [-0.39, 0.29) is 11.9 Å². The van der Waals surface area contributed by atoms with Crippen molar-refractivity contribution in [1.82, 2.24) is 15.1 Å². The summed E-state index contributed by atoms with van der Waals surface area (Å²) in [6.45, 7) is 5.68. The lowest BCUT2D eigenvalue weighted by Gasteiger charge is -2.38. The Balaban J connectivity index is 1.64. The monoisotopic (exact) mass is 350 g/mol. The molecule has 25 heavy (non-hydrogen) atoms. The number of halogens is 2. The first-order chi connectivity index (χ1) is 11.9. The number of hydrogen-bond acceptors (Lipinski definition) is 5. The fourth-order valence-electron chi connectivity index (χ4n) is 2.92. The Morgan fingerprint density at radius 1 is 1.12 bits per heavy atom. The van der Waals surface area contributed by atoms with Crippen molar-refractivity contribution in [3.8, 4) is 0 Å². The molecule has 1 saturated heterocycles. The fourth-order valence-corrected chi connectivity index (χ4v) is 2.92. The highest BCUT2D eigenvalue weighted by Gasteiger charge is 2.35. The third kappa shape index (κ3) is 3.47. The molecular weight excluding hydrogens is 330 g/mol. The SMILES string of the molecule is CC(C)(C(=O)N1CCN(c2nnc(C(F)F)o2)CC1)c1ccccc1. The summed E-state index contributed by atoms with van der Waals surface area (Å²) in [5.41, 5.74) is 0.331. The Morgan fingerprint density at radius 3 is 2.32 bits per heavy atom. The topological polar surface area (TPSA) is 62.5 Å². The van der Waals surface area contributed by atoms with Gasteiger partial charge in [0.2, 0.25) is 5.91 Å². The van der Waals surface area contributed by atoms with Crippen LogP contribution in [0.1, 0.15) is 31.7 Å². The van der Waals surface area contributed by atoms with Crippen molar-refractivity contribution in [3.05, 3.63) is 41.8 Å². The van der Waals surface area contributed by atoms with Crippen molar-refractivity contribution in [2.24, 2.45) is 0 Å². The highest BCUT2D eigenvalue weighted by molar-refractivity contribution is 5.87. The Kier molecular flexibility index (Phi) is 4.69. The van der Waals surface area contributed by atoms with Crippen molar-refractivity contribution in [1.29, 1.82) is 0 Å². The summed E-state index contributed by atoms with van der Waals surface area (Å²) in [4.78, 5) is 16.4. The highest BCUT2D eigenvalue weighted by Crippen LogP contribution is 2.27. The van der Waals surface area contributed by atoms with Gasteiger partial charge < -0.3 is 14.2 Å². The normalized spacial score (nSPS) is 15.7. The van der Waals surface area contributed by atoms with Crippen molar-refractivity contribution >= 4 is 11.9 Å². The molecule has 0 saturated carbocycles. The van der Waals surface area contributed by atoms with Crippen LogP contribution in [-0.4, -0.2) is 47.2 Å². The molecule has 0 N–H and O–H groups in total. The predicted octanol–water partition coefficient (Wildman–Crippen LogP) is 2.63. The third-order valence-electron chi connectivity index (χ3n) is 4.48. The summed E-state index contributed by atoms with van der Waals surface area (Å²) >= 11 is 0. The number of carbonyl (C=O) groups excluding carboxylic acids is 1. The van der Waals surface area contributed by atoms with E-state index < -0.39 is 17.7 Å². The zero-order chi connectivity index (χ0) is 18.0. The van der Waals surface area contributed by atoms with E-state index in [9.17, 15) is 13.6 Å². The summed E-state index contributed by atoms with van der Waals surface area (Å²) in [5.74, 6) is -0.643. The number of carbonyl (C=O) groups is 1. The van der Waals surface area contributed by atoms with Gasteiger partial charge in [0.05, 0.1) is 5.41 Å². The Labute approximate surface area is 144 Å². The molecule has 0 aliphatic carbocycles. The van der Waals surface area contributed by atoms with Crippen LogP contribution in [0.4, 0.5) is 14.8 Å². The molecule has 1 aliphatic rings. The lowest BCUT2D eigenvalue weighted by atomic mass is 9.83. The van der Waals surface area contributed by atoms with Gasteiger partial charge in [0.25, 0.3) is 5.89 Å². The van der Waals surface area contributed by atoms with Crippen LogP contribution < -0.4 is 4.90 Å². The van der Waals surface area contributed by atoms with Gasteiger partial charge >= 0.3 is 12.4 Å². The molecule has 2 heterocycles. The van der Waals surface area contributed by atoms with Crippen LogP contribution in [0.15, 0.2) is 34.7 Å². The maximum atomic E-state index is 12.9. The minimum absolute atomic E-state index is 0.0390. The number of alkyl halides is 2. The van der Waals surface area contributed by atoms with Crippen molar-refractivity contribution in [2.75, 3.05) is 31.1 Å². The average molecular weight is 350 g/mol. The Morgan fingerprint density at radius 2 is 1.76 bits per heavy atom. The lowest BCUT2D eigenvalue weighted by Crippen LogP contribution is -2.53. The van der Waals surface area contributed by atoms with Crippen LogP contribution in [0.2, 0.25) is 0 Å². The predicted molar refractivity (Wildman–Crippen MR) is 87.5 cm³/mol. The molecule has 0 bridgehead atoms. The fraction of sp³-hybridized carbons (Fsp3) is 0.471. The average Bonchev–Trinajstić information content (AvgIpc) is 3.12. The van der Waals surface area contributed by atoms with E-state index in [4.69, 9.17) is 4.42 Å². The smallest absolute Gasteiger partial charge is 0.318 e. The van der Waals surface area contributed by atoms with Gasteiger partial charge in [-0.3, -0.25) is 4.79 Å². The largest absolute Gasteiger partial charge is 0.402 e. The van der Waals surface area contributed by atoms with Gasteiger partial charge in [-0.15, -0.1) is 5.10 Å². The van der Waals surface area contributed by atoms with Crippen LogP contribution in [0.25, 0.3) is 0 Å². The van der Waals surface area contributed by atoms with Crippen LogP contribution in [0.3, 0.4) is 0 Å². The molecule has 1 aromatic carbocycles. The van der Waals surface area contributed by atoms with E-state index in [0.29, 0.717) is 26.2 Å². The first-order valence-electron chi connectivity index (χ1n) is 8.11. The maximum Gasteiger partial charge on any atom is 0.318 e. The summed E-state index contributed by atoms with van der Waals surface area (Å²) in [6, 6.07) is 9.71. The van der Waals surface area contributed by atoms with Crippen LogP contribution in [0, 0.1) is 0 Å². The van der Waals surface area contributed by atoms with Gasteiger partial charge in [-0.05, 0) is 19.4 Å². The van der Waals surface area contributed by atoms with E-state index in [1.807, 2.05) is 44.2 Å². The van der Waals surface area contributed by atoms with E-state index in [2.05, 4.69) is 10.2 Å². The first kappa shape index (κ1) is 17.3. The molecule has 2 aromatic rings. The van der Waals surface area contributed by atoms with E-state index in [1.54, 1.807) is 9.80 Å².